The molecule has 2 bridgehead atoms. The molecule has 2 N–H and O–H groups in total. The van der Waals surface area contributed by atoms with Crippen molar-refractivity contribution in [3.05, 3.63) is 42.0 Å². The smallest absolute Gasteiger partial charge is 0.307 e. The molecule has 2 aliphatic carbocycles. The van der Waals surface area contributed by atoms with E-state index < -0.39 is 35.3 Å². The fourth-order valence-electron chi connectivity index (χ4n) is 3.32. The minimum Gasteiger partial charge on any atom is -0.481 e. The molecule has 0 saturated heterocycles. The fourth-order valence-corrected chi connectivity index (χ4v) is 3.32. The lowest BCUT2D eigenvalue weighted by molar-refractivity contribution is -0.146. The number of allylic oxidation sites excluding steroid dienone is 2. The zero-order valence-electron chi connectivity index (χ0n) is 10.9. The van der Waals surface area contributed by atoms with E-state index in [9.17, 15) is 23.5 Å². The molecule has 0 spiro atoms. The zero-order chi connectivity index (χ0) is 15.1. The third-order valence-corrected chi connectivity index (χ3v) is 4.23. The Kier molecular flexibility index (Phi) is 3.23. The number of amides is 1. The van der Waals surface area contributed by atoms with Crippen LogP contribution < -0.4 is 5.32 Å². The average molecular weight is 293 g/mol. The number of aliphatic carboxylic acids is 1. The van der Waals surface area contributed by atoms with Crippen molar-refractivity contribution in [2.75, 3.05) is 5.32 Å². The first-order valence-corrected chi connectivity index (χ1v) is 6.64. The highest BCUT2D eigenvalue weighted by molar-refractivity contribution is 5.96. The molecule has 2 aliphatic rings. The van der Waals surface area contributed by atoms with Gasteiger partial charge in [-0.15, -0.1) is 0 Å². The molecule has 1 saturated carbocycles. The van der Waals surface area contributed by atoms with Crippen molar-refractivity contribution in [1.82, 2.24) is 0 Å². The van der Waals surface area contributed by atoms with Crippen LogP contribution >= 0.6 is 0 Å². The summed E-state index contributed by atoms with van der Waals surface area (Å²) in [5.74, 6) is -5.21. The first-order chi connectivity index (χ1) is 9.97. The van der Waals surface area contributed by atoms with E-state index in [1.165, 1.54) is 6.07 Å². The summed E-state index contributed by atoms with van der Waals surface area (Å²) in [4.78, 5) is 23.6. The van der Waals surface area contributed by atoms with Gasteiger partial charge < -0.3 is 10.4 Å². The molecule has 0 radical (unpaired) electrons. The Balaban J connectivity index is 1.80. The van der Waals surface area contributed by atoms with Crippen LogP contribution in [0.25, 0.3) is 0 Å². The van der Waals surface area contributed by atoms with Crippen molar-refractivity contribution in [2.45, 2.75) is 6.42 Å². The van der Waals surface area contributed by atoms with E-state index in [2.05, 4.69) is 5.32 Å². The zero-order valence-corrected chi connectivity index (χ0v) is 10.9. The van der Waals surface area contributed by atoms with Gasteiger partial charge in [-0.3, -0.25) is 9.59 Å². The lowest BCUT2D eigenvalue weighted by Crippen LogP contribution is -2.36. The molecule has 0 aliphatic heterocycles. The van der Waals surface area contributed by atoms with Crippen molar-refractivity contribution in [3.63, 3.8) is 0 Å². The van der Waals surface area contributed by atoms with Crippen molar-refractivity contribution >= 4 is 17.6 Å². The van der Waals surface area contributed by atoms with E-state index in [4.69, 9.17) is 0 Å². The summed E-state index contributed by atoms with van der Waals surface area (Å²) < 4.78 is 26.0. The Bertz CT molecular complexity index is 644. The third kappa shape index (κ3) is 2.30. The SMILES string of the molecule is O=C(O)[C@@H]1C2C=CC(C2)[C@@H]1C(=O)Nc1ccc(F)c(F)c1. The molecule has 1 aromatic carbocycles. The topological polar surface area (TPSA) is 66.4 Å². The number of rotatable bonds is 3. The van der Waals surface area contributed by atoms with E-state index in [-0.39, 0.29) is 17.5 Å². The predicted octanol–water partition coefficient (Wildman–Crippen LogP) is 2.43. The lowest BCUT2D eigenvalue weighted by Gasteiger charge is -2.23. The van der Waals surface area contributed by atoms with Crippen molar-refractivity contribution in [2.24, 2.45) is 23.7 Å². The van der Waals surface area contributed by atoms with Crippen LogP contribution in [0.4, 0.5) is 14.5 Å². The number of carboxylic acid groups (broad SMARTS) is 1. The monoisotopic (exact) mass is 293 g/mol. The van der Waals surface area contributed by atoms with Crippen LogP contribution in [0.15, 0.2) is 30.4 Å². The van der Waals surface area contributed by atoms with Gasteiger partial charge in [-0.2, -0.15) is 0 Å². The van der Waals surface area contributed by atoms with E-state index in [1.807, 2.05) is 12.2 Å². The molecule has 1 fully saturated rings. The van der Waals surface area contributed by atoms with Gasteiger partial charge in [0.2, 0.25) is 5.91 Å². The fraction of sp³-hybridized carbons (Fsp3) is 0.333. The van der Waals surface area contributed by atoms with Gasteiger partial charge in [0.05, 0.1) is 11.8 Å². The van der Waals surface area contributed by atoms with Crippen LogP contribution in [0.3, 0.4) is 0 Å². The highest BCUT2D eigenvalue weighted by atomic mass is 19.2. The Hall–Kier alpha value is -2.24. The van der Waals surface area contributed by atoms with Gasteiger partial charge in [-0.25, -0.2) is 8.78 Å². The summed E-state index contributed by atoms with van der Waals surface area (Å²) in [6.07, 6.45) is 4.34. The number of carboxylic acids is 1. The van der Waals surface area contributed by atoms with Gasteiger partial charge in [-0.05, 0) is 30.4 Å². The van der Waals surface area contributed by atoms with Crippen molar-refractivity contribution < 1.29 is 23.5 Å². The molecule has 110 valence electrons. The molecule has 21 heavy (non-hydrogen) atoms. The van der Waals surface area contributed by atoms with Crippen LogP contribution in [0.2, 0.25) is 0 Å². The third-order valence-electron chi connectivity index (χ3n) is 4.23. The Morgan fingerprint density at radius 1 is 1.10 bits per heavy atom. The number of halogens is 2. The molecule has 1 amide bonds. The van der Waals surface area contributed by atoms with Crippen LogP contribution in [0.1, 0.15) is 6.42 Å². The molecule has 3 rings (SSSR count). The molecule has 6 heteroatoms. The van der Waals surface area contributed by atoms with Gasteiger partial charge >= 0.3 is 5.97 Å². The number of anilines is 1. The molecule has 2 unspecified atom stereocenters. The van der Waals surface area contributed by atoms with E-state index in [1.54, 1.807) is 0 Å². The minimum atomic E-state index is -1.06. The first kappa shape index (κ1) is 13.7. The lowest BCUT2D eigenvalue weighted by atomic mass is 9.82. The summed E-state index contributed by atoms with van der Waals surface area (Å²) in [7, 11) is 0. The van der Waals surface area contributed by atoms with Gasteiger partial charge in [-0.1, -0.05) is 12.2 Å². The Morgan fingerprint density at radius 3 is 2.38 bits per heavy atom. The molecular weight excluding hydrogens is 280 g/mol. The number of hydrogen-bond acceptors (Lipinski definition) is 2. The van der Waals surface area contributed by atoms with Crippen LogP contribution in [0.5, 0.6) is 0 Å². The van der Waals surface area contributed by atoms with E-state index in [0.717, 1.165) is 12.1 Å². The van der Waals surface area contributed by atoms with Crippen molar-refractivity contribution in [3.8, 4) is 0 Å². The summed E-state index contributed by atoms with van der Waals surface area (Å²) in [6.45, 7) is 0. The number of carbonyl (C=O) groups excluding carboxylic acids is 1. The molecule has 4 nitrogen and oxygen atoms in total. The standard InChI is InChI=1S/C15H13F2NO3/c16-10-4-3-9(6-11(10)17)18-14(19)12-7-1-2-8(5-7)13(12)15(20)21/h1-4,6-8,12-13H,5H2,(H,18,19)(H,20,21)/t7?,8?,12-,13+/m0/s1. The second kappa shape index (κ2) is 4.95. The van der Waals surface area contributed by atoms with Gasteiger partial charge in [0, 0.05) is 11.8 Å². The van der Waals surface area contributed by atoms with Gasteiger partial charge in [0.1, 0.15) is 0 Å². The molecule has 4 atom stereocenters. The average Bonchev–Trinajstić information content (AvgIpc) is 3.03. The largest absolute Gasteiger partial charge is 0.481 e. The molecule has 0 aromatic heterocycles. The summed E-state index contributed by atoms with van der Waals surface area (Å²) in [6, 6.07) is 3.04. The molecular formula is C15H13F2NO3. The Morgan fingerprint density at radius 2 is 1.76 bits per heavy atom. The number of nitrogens with one attached hydrogen (secondary N) is 1. The minimum absolute atomic E-state index is 0.110. The maximum absolute atomic E-state index is 13.1. The number of carbonyl (C=O) groups is 2. The number of benzene rings is 1. The quantitative estimate of drug-likeness (QED) is 0.841. The van der Waals surface area contributed by atoms with Gasteiger partial charge in [0.25, 0.3) is 0 Å². The predicted molar refractivity (Wildman–Crippen MR) is 70.3 cm³/mol. The highest BCUT2D eigenvalue weighted by Gasteiger charge is 2.51. The summed E-state index contributed by atoms with van der Waals surface area (Å²) in [5, 5.41) is 11.8. The summed E-state index contributed by atoms with van der Waals surface area (Å²) >= 11 is 0. The Labute approximate surface area is 119 Å². The maximum Gasteiger partial charge on any atom is 0.307 e. The van der Waals surface area contributed by atoms with E-state index >= 15 is 0 Å². The molecule has 0 heterocycles. The van der Waals surface area contributed by atoms with Crippen LogP contribution in [0, 0.1) is 35.3 Å². The summed E-state index contributed by atoms with van der Waals surface area (Å²) in [5.41, 5.74) is 0.120. The first-order valence-electron chi connectivity index (χ1n) is 6.64. The molecule has 1 aromatic rings. The van der Waals surface area contributed by atoms with Crippen molar-refractivity contribution in [1.29, 1.82) is 0 Å². The normalized spacial score (nSPS) is 29.6. The highest BCUT2D eigenvalue weighted by Crippen LogP contribution is 2.48. The van der Waals surface area contributed by atoms with Crippen LogP contribution in [-0.2, 0) is 9.59 Å². The number of fused-ring (bicyclic) bond motifs is 2. The van der Waals surface area contributed by atoms with Crippen LogP contribution in [-0.4, -0.2) is 17.0 Å². The van der Waals surface area contributed by atoms with Gasteiger partial charge in [0.15, 0.2) is 11.6 Å². The second-order valence-corrected chi connectivity index (χ2v) is 5.46. The maximum atomic E-state index is 13.1. The van der Waals surface area contributed by atoms with E-state index in [0.29, 0.717) is 6.42 Å². The number of hydrogen-bond donors (Lipinski definition) is 2. The second-order valence-electron chi connectivity index (χ2n) is 5.46.